The maximum atomic E-state index is 13.5. The number of benzene rings is 1. The molecule has 0 bridgehead atoms. The van der Waals surface area contributed by atoms with Crippen molar-refractivity contribution < 1.29 is 19.1 Å². The number of halogens is 3. The lowest BCUT2D eigenvalue weighted by Crippen LogP contribution is -2.53. The van der Waals surface area contributed by atoms with Gasteiger partial charge in [0.05, 0.1) is 25.5 Å². The monoisotopic (exact) mass is 691 g/mol. The van der Waals surface area contributed by atoms with E-state index in [1.54, 1.807) is 12.1 Å². The number of carbonyl (C=O) groups excluding carboxylic acids is 3. The number of allylic oxidation sites excluding steroid dienone is 2. The fraction of sp³-hybridized carbons (Fsp3) is 0.484. The number of hydrogen-bond donors (Lipinski definition) is 2. The van der Waals surface area contributed by atoms with Crippen LogP contribution in [-0.2, 0) is 20.7 Å². The molecule has 0 radical (unpaired) electrons. The summed E-state index contributed by atoms with van der Waals surface area (Å²) in [7, 11) is 2.11. The summed E-state index contributed by atoms with van der Waals surface area (Å²) in [5.41, 5.74) is 1.84. The molecule has 2 N–H and O–H groups in total. The first-order valence-electron chi connectivity index (χ1n) is 14.7. The average Bonchev–Trinajstić information content (AvgIpc) is 3.01. The molecule has 1 aliphatic heterocycles. The Hall–Kier alpha value is -2.50. The molecule has 9 nitrogen and oxygen atoms in total. The van der Waals surface area contributed by atoms with E-state index in [4.69, 9.17) is 27.9 Å². The number of hydrogen-bond acceptors (Lipinski definition) is 8. The molecule has 2 aliphatic carbocycles. The lowest BCUT2D eigenvalue weighted by molar-refractivity contribution is -0.147. The van der Waals surface area contributed by atoms with Gasteiger partial charge in [-0.05, 0) is 53.5 Å². The van der Waals surface area contributed by atoms with E-state index in [-0.39, 0.29) is 27.4 Å². The van der Waals surface area contributed by atoms with Crippen molar-refractivity contribution >= 4 is 62.5 Å². The second kappa shape index (κ2) is 14.1. The van der Waals surface area contributed by atoms with Gasteiger partial charge in [0, 0.05) is 62.9 Å². The van der Waals surface area contributed by atoms with Crippen LogP contribution in [0.5, 0.6) is 0 Å². The van der Waals surface area contributed by atoms with Crippen LogP contribution < -0.4 is 10.6 Å². The zero-order valence-corrected chi connectivity index (χ0v) is 27.2. The molecular weight excluding hydrogens is 657 g/mol. The van der Waals surface area contributed by atoms with E-state index in [1.165, 1.54) is 12.4 Å². The lowest BCUT2D eigenvalue weighted by Gasteiger charge is -2.46. The normalized spacial score (nSPS) is 19.6. The molecule has 1 aromatic carbocycles. The Bertz CT molecular complexity index is 1370. The molecule has 1 saturated heterocycles. The molecule has 230 valence electrons. The van der Waals surface area contributed by atoms with E-state index >= 15 is 0 Å². The Kier molecular flexibility index (Phi) is 10.4. The first kappa shape index (κ1) is 31.9. The molecule has 1 atom stereocenters. The highest BCUT2D eigenvalue weighted by atomic mass is 79.9. The third kappa shape index (κ3) is 7.26. The van der Waals surface area contributed by atoms with Crippen molar-refractivity contribution in [2.75, 3.05) is 51.7 Å². The van der Waals surface area contributed by atoms with Crippen LogP contribution in [-0.4, -0.2) is 84.9 Å². The minimum atomic E-state index is -0.684. The van der Waals surface area contributed by atoms with Crippen molar-refractivity contribution in [1.82, 2.24) is 20.1 Å². The third-order valence-corrected chi connectivity index (χ3v) is 9.95. The molecule has 2 heterocycles. The maximum Gasteiger partial charge on any atom is 0.328 e. The number of aromatic nitrogens is 1. The first-order valence-corrected chi connectivity index (χ1v) is 16.2. The molecule has 3 aliphatic rings. The topological polar surface area (TPSA) is 104 Å². The van der Waals surface area contributed by atoms with Gasteiger partial charge in [0.25, 0.3) is 5.91 Å². The highest BCUT2D eigenvalue weighted by Crippen LogP contribution is 2.53. The summed E-state index contributed by atoms with van der Waals surface area (Å²) in [5.74, 6) is -0.684. The highest BCUT2D eigenvalue weighted by molar-refractivity contribution is 9.12. The Labute approximate surface area is 270 Å². The van der Waals surface area contributed by atoms with Crippen molar-refractivity contribution in [3.05, 3.63) is 68.0 Å². The van der Waals surface area contributed by atoms with E-state index in [2.05, 4.69) is 48.4 Å². The molecule has 1 spiro atoms. The van der Waals surface area contributed by atoms with Crippen LogP contribution in [0, 0.1) is 5.41 Å². The number of Topliss-reactive ketones (excluding diaryl/α,β-unsaturated/α-hetero) is 1. The van der Waals surface area contributed by atoms with Gasteiger partial charge in [-0.25, -0.2) is 4.79 Å². The molecule has 1 saturated carbocycles. The SMILES string of the molecule is CN1CCN(CCOC(=O)[C@H](Cc2ccc(NC(=O)c3c(Cl)cncc3Cl)cc2)NC2=C(Br)C(=O)C23CCCCC3)CC1. The smallest absolute Gasteiger partial charge is 0.328 e. The van der Waals surface area contributed by atoms with Gasteiger partial charge in [-0.15, -0.1) is 0 Å². The number of ether oxygens (including phenoxy) is 1. The minimum Gasteiger partial charge on any atom is -0.463 e. The number of ketones is 1. The number of likely N-dealkylation sites (N-methyl/N-ethyl adjacent to an activating group) is 1. The molecule has 1 amide bonds. The van der Waals surface area contributed by atoms with Gasteiger partial charge in [0.1, 0.15) is 12.6 Å². The predicted molar refractivity (Wildman–Crippen MR) is 171 cm³/mol. The zero-order chi connectivity index (χ0) is 30.6. The number of nitrogens with zero attached hydrogens (tertiary/aromatic N) is 3. The van der Waals surface area contributed by atoms with Crippen LogP contribution in [0.4, 0.5) is 5.69 Å². The summed E-state index contributed by atoms with van der Waals surface area (Å²) in [4.78, 5) is 47.7. The first-order chi connectivity index (χ1) is 20.7. The number of carbonyl (C=O) groups is 3. The molecule has 2 fully saturated rings. The summed E-state index contributed by atoms with van der Waals surface area (Å²) >= 11 is 15.7. The van der Waals surface area contributed by atoms with E-state index in [0.29, 0.717) is 29.7 Å². The maximum absolute atomic E-state index is 13.5. The fourth-order valence-electron chi connectivity index (χ4n) is 6.02. The van der Waals surface area contributed by atoms with E-state index < -0.39 is 17.4 Å². The van der Waals surface area contributed by atoms with Crippen LogP contribution in [0.25, 0.3) is 0 Å². The average molecular weight is 693 g/mol. The summed E-state index contributed by atoms with van der Waals surface area (Å²) < 4.78 is 6.32. The molecule has 1 aromatic heterocycles. The van der Waals surface area contributed by atoms with Crippen molar-refractivity contribution in [3.63, 3.8) is 0 Å². The van der Waals surface area contributed by atoms with Gasteiger partial charge >= 0.3 is 5.97 Å². The van der Waals surface area contributed by atoms with Crippen molar-refractivity contribution in [2.24, 2.45) is 5.41 Å². The number of amides is 1. The van der Waals surface area contributed by atoms with E-state index in [1.807, 2.05) is 12.1 Å². The quantitative estimate of drug-likeness (QED) is 0.333. The van der Waals surface area contributed by atoms with Crippen LogP contribution in [0.3, 0.4) is 0 Å². The van der Waals surface area contributed by atoms with Gasteiger partial charge in [0.15, 0.2) is 5.78 Å². The number of pyridine rings is 1. The molecular formula is C31H36BrCl2N5O4. The second-order valence-electron chi connectivity index (χ2n) is 11.5. The van der Waals surface area contributed by atoms with Crippen LogP contribution >= 0.6 is 39.1 Å². The minimum absolute atomic E-state index is 0.117. The Balaban J connectivity index is 1.27. The van der Waals surface area contributed by atoms with E-state index in [9.17, 15) is 14.4 Å². The number of nitrogens with one attached hydrogen (secondary N) is 2. The highest BCUT2D eigenvalue weighted by Gasteiger charge is 2.53. The van der Waals surface area contributed by atoms with Crippen molar-refractivity contribution in [2.45, 2.75) is 44.6 Å². The summed E-state index contributed by atoms with van der Waals surface area (Å²) in [5, 5.41) is 6.55. The Morgan fingerprint density at radius 1 is 1.05 bits per heavy atom. The molecule has 43 heavy (non-hydrogen) atoms. The largest absolute Gasteiger partial charge is 0.463 e. The summed E-state index contributed by atoms with van der Waals surface area (Å²) in [6, 6.07) is 6.54. The number of anilines is 1. The standard InChI is InChI=1S/C31H36BrCl2N5O4/c1-38-11-13-39(14-12-38)15-16-43-30(42)24(37-27-26(32)28(40)31(27)9-3-2-4-10-31)17-20-5-7-21(8-6-20)36-29(41)25-22(33)18-35-19-23(25)34/h5-8,18-19,24,37H,2-4,9-17H2,1H3,(H,36,41)/t24-/m0/s1. The lowest BCUT2D eigenvalue weighted by atomic mass is 9.62. The summed E-state index contributed by atoms with van der Waals surface area (Å²) in [6.07, 6.45) is 7.73. The fourth-order valence-corrected chi connectivity index (χ4v) is 7.42. The molecule has 12 heteroatoms. The van der Waals surface area contributed by atoms with Crippen molar-refractivity contribution in [3.8, 4) is 0 Å². The van der Waals surface area contributed by atoms with Crippen LogP contribution in [0.2, 0.25) is 10.0 Å². The van der Waals surface area contributed by atoms with Gasteiger partial charge in [0.2, 0.25) is 0 Å². The van der Waals surface area contributed by atoms with E-state index in [0.717, 1.165) is 69.5 Å². The Morgan fingerprint density at radius 3 is 2.35 bits per heavy atom. The number of esters is 1. The predicted octanol–water partition coefficient (Wildman–Crippen LogP) is 5.07. The van der Waals surface area contributed by atoms with Crippen LogP contribution in [0.15, 0.2) is 46.8 Å². The Morgan fingerprint density at radius 2 is 1.70 bits per heavy atom. The second-order valence-corrected chi connectivity index (χ2v) is 13.1. The van der Waals surface area contributed by atoms with Crippen LogP contribution in [0.1, 0.15) is 48.0 Å². The molecule has 2 aromatic rings. The third-order valence-electron chi connectivity index (χ3n) is 8.62. The number of piperazine rings is 1. The summed E-state index contributed by atoms with van der Waals surface area (Å²) in [6.45, 7) is 4.87. The van der Waals surface area contributed by atoms with Gasteiger partial charge in [-0.3, -0.25) is 19.5 Å². The van der Waals surface area contributed by atoms with Gasteiger partial charge < -0.3 is 20.3 Å². The molecule has 0 unspecified atom stereocenters. The van der Waals surface area contributed by atoms with Gasteiger partial charge in [-0.2, -0.15) is 0 Å². The number of rotatable bonds is 10. The molecule has 5 rings (SSSR count). The van der Waals surface area contributed by atoms with Gasteiger partial charge in [-0.1, -0.05) is 54.6 Å². The van der Waals surface area contributed by atoms with Crippen molar-refractivity contribution in [1.29, 1.82) is 0 Å². The zero-order valence-electron chi connectivity index (χ0n) is 24.1.